The Bertz CT molecular complexity index is 750. The second kappa shape index (κ2) is 15.4. The summed E-state index contributed by atoms with van der Waals surface area (Å²) >= 11 is 4.24. The highest BCUT2D eigenvalue weighted by atomic mass is 128. The summed E-state index contributed by atoms with van der Waals surface area (Å²) < 4.78 is 27.6. The molecule has 8 nitrogen and oxygen atoms in total. The largest absolute Gasteiger partial charge is 0.514 e. The molecule has 1 saturated heterocycles. The van der Waals surface area contributed by atoms with Crippen LogP contribution in [0.2, 0.25) is 0 Å². The zero-order chi connectivity index (χ0) is 25.9. The van der Waals surface area contributed by atoms with Gasteiger partial charge in [0.2, 0.25) is 0 Å². The van der Waals surface area contributed by atoms with Gasteiger partial charge in [0.05, 0.1) is 18.3 Å². The van der Waals surface area contributed by atoms with Gasteiger partial charge in [-0.25, -0.2) is 4.79 Å². The van der Waals surface area contributed by atoms with Gasteiger partial charge in [0.1, 0.15) is 17.5 Å². The summed E-state index contributed by atoms with van der Waals surface area (Å²) in [4.78, 5) is 22.9. The molecule has 0 radical (unpaired) electrons. The van der Waals surface area contributed by atoms with Crippen LogP contribution in [-0.2, 0) is 23.7 Å². The number of aliphatic hydroxyl groups excluding tert-OH is 1. The third-order valence-electron chi connectivity index (χ3n) is 4.86. The lowest BCUT2D eigenvalue weighted by Gasteiger charge is -2.36. The first-order chi connectivity index (χ1) is 15.9. The second-order valence-electron chi connectivity index (χ2n) is 9.17. The molecular weight excluding hydrogens is 670 g/mol. The van der Waals surface area contributed by atoms with Crippen molar-refractivity contribution in [2.24, 2.45) is 0 Å². The van der Waals surface area contributed by atoms with E-state index >= 15 is 0 Å². The summed E-state index contributed by atoms with van der Waals surface area (Å²) in [7, 11) is 0. The van der Waals surface area contributed by atoms with E-state index in [0.717, 1.165) is 12.0 Å². The molecule has 0 spiro atoms. The molecule has 194 valence electrons. The molecule has 0 aliphatic carbocycles. The summed E-state index contributed by atoms with van der Waals surface area (Å²) in [5.74, 6) is -0.00509. The number of ether oxygens (including phenoxy) is 5. The summed E-state index contributed by atoms with van der Waals surface area (Å²) in [6, 6.07) is 6.87. The topological polar surface area (TPSA) is 101 Å². The van der Waals surface area contributed by atoms with E-state index in [2.05, 4.69) is 37.2 Å². The van der Waals surface area contributed by atoms with E-state index in [1.807, 2.05) is 6.92 Å². The molecule has 0 saturated carbocycles. The SMILES string of the molecule is CCC1CC(CC(O)CC(C)OC(C)=O)OC(c2ccc(OC(=O)OC(C)(C)C)cc2)O1.II. The van der Waals surface area contributed by atoms with Gasteiger partial charge in [-0.15, -0.1) is 0 Å². The number of halogens is 2. The van der Waals surface area contributed by atoms with Crippen molar-refractivity contribution in [3.63, 3.8) is 0 Å². The van der Waals surface area contributed by atoms with Crippen LogP contribution < -0.4 is 4.74 Å². The minimum absolute atomic E-state index is 0.00506. The zero-order valence-electron chi connectivity index (χ0n) is 20.6. The molecule has 1 heterocycles. The van der Waals surface area contributed by atoms with Crippen molar-refractivity contribution in [1.82, 2.24) is 0 Å². The van der Waals surface area contributed by atoms with Gasteiger partial charge in [0.15, 0.2) is 6.29 Å². The summed E-state index contributed by atoms with van der Waals surface area (Å²) in [6.07, 6.45) is -0.327. The van der Waals surface area contributed by atoms with Gasteiger partial charge in [-0.2, -0.15) is 0 Å². The Morgan fingerprint density at radius 3 is 2.26 bits per heavy atom. The van der Waals surface area contributed by atoms with E-state index in [4.69, 9.17) is 23.7 Å². The predicted octanol–water partition coefficient (Wildman–Crippen LogP) is 6.45. The van der Waals surface area contributed by atoms with Crippen LogP contribution in [0.3, 0.4) is 0 Å². The normalized spacial score (nSPS) is 22.0. The highest BCUT2D eigenvalue weighted by Crippen LogP contribution is 2.34. The van der Waals surface area contributed by atoms with E-state index in [9.17, 15) is 14.7 Å². The molecule has 0 bridgehead atoms. The quantitative estimate of drug-likeness (QED) is 0.187. The Morgan fingerprint density at radius 1 is 1.15 bits per heavy atom. The molecule has 5 unspecified atom stereocenters. The smallest absolute Gasteiger partial charge is 0.463 e. The van der Waals surface area contributed by atoms with Gasteiger partial charge in [-0.05, 0) is 52.7 Å². The van der Waals surface area contributed by atoms with Crippen LogP contribution in [-0.4, -0.2) is 47.2 Å². The Labute approximate surface area is 225 Å². The molecule has 1 N–H and O–H groups in total. The first-order valence-corrected chi connectivity index (χ1v) is 17.5. The van der Waals surface area contributed by atoms with Crippen LogP contribution >= 0.6 is 37.2 Å². The van der Waals surface area contributed by atoms with Crippen molar-refractivity contribution in [3.8, 4) is 5.75 Å². The number of carbonyl (C=O) groups excluding carboxylic acids is 2. The Balaban J connectivity index is 0.00000281. The Hall–Kier alpha value is -0.700. The maximum absolute atomic E-state index is 11.8. The van der Waals surface area contributed by atoms with Crippen molar-refractivity contribution in [2.45, 2.75) is 104 Å². The van der Waals surface area contributed by atoms with E-state index in [1.54, 1.807) is 52.0 Å². The van der Waals surface area contributed by atoms with Crippen LogP contribution in [0.4, 0.5) is 4.79 Å². The van der Waals surface area contributed by atoms with Crippen LogP contribution in [0.1, 0.15) is 79.1 Å². The van der Waals surface area contributed by atoms with E-state index in [1.165, 1.54) is 6.92 Å². The van der Waals surface area contributed by atoms with Crippen LogP contribution in [0.25, 0.3) is 0 Å². The predicted molar refractivity (Wildman–Crippen MR) is 145 cm³/mol. The number of rotatable bonds is 8. The van der Waals surface area contributed by atoms with Gasteiger partial charge in [-0.1, -0.05) is 19.1 Å². The van der Waals surface area contributed by atoms with Crippen molar-refractivity contribution in [2.75, 3.05) is 0 Å². The number of benzene rings is 1. The highest BCUT2D eigenvalue weighted by molar-refractivity contribution is 15.0. The lowest BCUT2D eigenvalue weighted by Crippen LogP contribution is -2.36. The average Bonchev–Trinajstić information content (AvgIpc) is 2.73. The lowest BCUT2D eigenvalue weighted by molar-refractivity contribution is -0.252. The standard InChI is InChI=1S/C24H36O8.I2/c1-7-19-14-21(13-18(26)12-15(2)28-16(3)25)30-22(29-19)17-8-10-20(11-9-17)31-23(27)32-24(4,5)6;1-2/h8-11,15,18-19,21-22,26H,7,12-14H2,1-6H3;. The summed E-state index contributed by atoms with van der Waals surface area (Å²) in [5, 5.41) is 10.4. The molecule has 2 rings (SSSR count). The molecule has 1 aliphatic heterocycles. The van der Waals surface area contributed by atoms with Gasteiger partial charge in [0.25, 0.3) is 0 Å². The number of carbonyl (C=O) groups is 2. The number of hydrogen-bond acceptors (Lipinski definition) is 8. The van der Waals surface area contributed by atoms with Gasteiger partial charge in [-0.3, -0.25) is 4.79 Å². The van der Waals surface area contributed by atoms with Crippen molar-refractivity contribution in [3.05, 3.63) is 29.8 Å². The molecule has 10 heteroatoms. The molecule has 1 aromatic carbocycles. The Kier molecular flexibility index (Phi) is 14.2. The minimum Gasteiger partial charge on any atom is -0.463 e. The fourth-order valence-corrected chi connectivity index (χ4v) is 3.53. The third kappa shape index (κ3) is 12.3. The van der Waals surface area contributed by atoms with E-state index in [0.29, 0.717) is 25.0 Å². The molecule has 1 fully saturated rings. The van der Waals surface area contributed by atoms with Gasteiger partial charge >= 0.3 is 12.1 Å². The molecule has 1 aromatic rings. The fourth-order valence-electron chi connectivity index (χ4n) is 3.53. The molecule has 0 aromatic heterocycles. The zero-order valence-corrected chi connectivity index (χ0v) is 24.9. The maximum atomic E-state index is 11.8. The van der Waals surface area contributed by atoms with Gasteiger partial charge < -0.3 is 28.8 Å². The van der Waals surface area contributed by atoms with Crippen molar-refractivity contribution in [1.29, 1.82) is 0 Å². The first-order valence-electron chi connectivity index (χ1n) is 11.3. The maximum Gasteiger partial charge on any atom is 0.514 e. The fraction of sp³-hybridized carbons (Fsp3) is 0.667. The monoisotopic (exact) mass is 706 g/mol. The average molecular weight is 706 g/mol. The summed E-state index contributed by atoms with van der Waals surface area (Å²) in [5.41, 5.74) is 0.151. The van der Waals surface area contributed by atoms with Crippen molar-refractivity contribution < 1.29 is 38.4 Å². The second-order valence-corrected chi connectivity index (χ2v) is 9.17. The van der Waals surface area contributed by atoms with Crippen LogP contribution in [0.15, 0.2) is 24.3 Å². The highest BCUT2D eigenvalue weighted by Gasteiger charge is 2.32. The van der Waals surface area contributed by atoms with Gasteiger partial charge in [0, 0.05) is 62.6 Å². The number of esters is 1. The van der Waals surface area contributed by atoms with Crippen LogP contribution in [0, 0.1) is 0 Å². The minimum atomic E-state index is -0.765. The third-order valence-corrected chi connectivity index (χ3v) is 4.86. The molecule has 34 heavy (non-hydrogen) atoms. The molecule has 5 atom stereocenters. The molecule has 1 aliphatic rings. The lowest BCUT2D eigenvalue weighted by atomic mass is 9.99. The van der Waals surface area contributed by atoms with E-state index in [-0.39, 0.29) is 24.3 Å². The van der Waals surface area contributed by atoms with Crippen molar-refractivity contribution >= 4 is 49.4 Å². The van der Waals surface area contributed by atoms with E-state index < -0.39 is 24.2 Å². The number of hydrogen-bond donors (Lipinski definition) is 1. The molecule has 0 amide bonds. The number of aliphatic hydroxyl groups is 1. The van der Waals surface area contributed by atoms with Crippen LogP contribution in [0.5, 0.6) is 5.75 Å². The first kappa shape index (κ1) is 31.3. The summed E-state index contributed by atoms with van der Waals surface area (Å²) in [6.45, 7) is 10.5. The molecular formula is C24H36I2O8. The Morgan fingerprint density at radius 2 is 1.74 bits per heavy atom.